The van der Waals surface area contributed by atoms with E-state index in [-0.39, 0.29) is 0 Å². The molecule has 5 heteroatoms. The number of rotatable bonds is 5. The molecule has 0 aliphatic carbocycles. The number of imidazole rings is 1. The lowest BCUT2D eigenvalue weighted by Gasteiger charge is -2.34. The van der Waals surface area contributed by atoms with Crippen LogP contribution in [-0.2, 0) is 4.74 Å². The van der Waals surface area contributed by atoms with Crippen LogP contribution in [0.15, 0.2) is 12.4 Å². The van der Waals surface area contributed by atoms with Gasteiger partial charge in [-0.2, -0.15) is 0 Å². The molecule has 0 spiro atoms. The Hall–Kier alpha value is -1.07. The molecule has 1 saturated heterocycles. The standard InChI is InChI=1S/C13H24N4O/c1-11(10-18-3)17-8-6-15-13(17)16-7-4-5-12(9-16)14-2/h6,8,11-12,14H,4-5,7,9-10H2,1-3H3. The summed E-state index contributed by atoms with van der Waals surface area (Å²) in [6, 6.07) is 0.893. The highest BCUT2D eigenvalue weighted by Crippen LogP contribution is 2.21. The molecule has 0 radical (unpaired) electrons. The van der Waals surface area contributed by atoms with Gasteiger partial charge in [-0.15, -0.1) is 0 Å². The number of methoxy groups -OCH3 is 1. The fourth-order valence-electron chi connectivity index (χ4n) is 2.61. The lowest BCUT2D eigenvalue weighted by atomic mass is 10.1. The summed E-state index contributed by atoms with van der Waals surface area (Å²) in [7, 11) is 3.78. The summed E-state index contributed by atoms with van der Waals surface area (Å²) in [6.07, 6.45) is 6.39. The minimum Gasteiger partial charge on any atom is -0.383 e. The van der Waals surface area contributed by atoms with E-state index in [2.05, 4.69) is 26.7 Å². The second-order valence-corrected chi connectivity index (χ2v) is 5.01. The van der Waals surface area contributed by atoms with E-state index < -0.39 is 0 Å². The minimum absolute atomic E-state index is 0.322. The van der Waals surface area contributed by atoms with E-state index >= 15 is 0 Å². The summed E-state index contributed by atoms with van der Waals surface area (Å²) in [5.41, 5.74) is 0. The Morgan fingerprint density at radius 1 is 1.61 bits per heavy atom. The normalized spacial score (nSPS) is 22.2. The number of ether oxygens (including phenoxy) is 1. The summed E-state index contributed by atoms with van der Waals surface area (Å²) in [5, 5.41) is 3.37. The second-order valence-electron chi connectivity index (χ2n) is 5.01. The van der Waals surface area contributed by atoms with Gasteiger partial charge in [0.15, 0.2) is 0 Å². The molecule has 2 unspecified atom stereocenters. The van der Waals surface area contributed by atoms with Gasteiger partial charge in [0, 0.05) is 38.6 Å². The zero-order chi connectivity index (χ0) is 13.0. The van der Waals surface area contributed by atoms with Crippen LogP contribution in [0.4, 0.5) is 5.95 Å². The molecule has 0 bridgehead atoms. The van der Waals surface area contributed by atoms with Crippen LogP contribution in [0.3, 0.4) is 0 Å². The molecular formula is C13H24N4O. The first-order valence-electron chi connectivity index (χ1n) is 6.70. The van der Waals surface area contributed by atoms with E-state index in [1.54, 1.807) is 7.11 Å². The van der Waals surface area contributed by atoms with Gasteiger partial charge >= 0.3 is 0 Å². The summed E-state index contributed by atoms with van der Waals surface area (Å²) >= 11 is 0. The Balaban J connectivity index is 2.10. The average molecular weight is 252 g/mol. The average Bonchev–Trinajstić information content (AvgIpc) is 2.88. The molecule has 2 rings (SSSR count). The Labute approximate surface area is 109 Å². The molecule has 1 N–H and O–H groups in total. The number of hydrogen-bond acceptors (Lipinski definition) is 4. The molecule has 0 aromatic carbocycles. The predicted molar refractivity (Wildman–Crippen MR) is 73.1 cm³/mol. The molecule has 0 saturated carbocycles. The highest BCUT2D eigenvalue weighted by atomic mass is 16.5. The van der Waals surface area contributed by atoms with Gasteiger partial charge in [0.2, 0.25) is 5.95 Å². The highest BCUT2D eigenvalue weighted by molar-refractivity contribution is 5.33. The number of nitrogens with one attached hydrogen (secondary N) is 1. The van der Waals surface area contributed by atoms with Crippen LogP contribution in [0, 0.1) is 0 Å². The molecule has 1 aliphatic rings. The molecule has 1 aliphatic heterocycles. The van der Waals surface area contributed by atoms with Gasteiger partial charge < -0.3 is 19.5 Å². The number of piperidine rings is 1. The van der Waals surface area contributed by atoms with Crippen molar-refractivity contribution >= 4 is 5.95 Å². The Morgan fingerprint density at radius 2 is 2.44 bits per heavy atom. The zero-order valence-corrected chi connectivity index (χ0v) is 11.6. The molecule has 1 aromatic rings. The SMILES string of the molecule is CNC1CCCN(c2nccn2C(C)COC)C1. The third kappa shape index (κ3) is 2.84. The number of nitrogens with zero attached hydrogens (tertiary/aromatic N) is 3. The quantitative estimate of drug-likeness (QED) is 0.857. The topological polar surface area (TPSA) is 42.3 Å². The van der Waals surface area contributed by atoms with Crippen molar-refractivity contribution in [3.63, 3.8) is 0 Å². The van der Waals surface area contributed by atoms with Crippen molar-refractivity contribution in [1.82, 2.24) is 14.9 Å². The van der Waals surface area contributed by atoms with Crippen LogP contribution in [-0.4, -0.2) is 49.4 Å². The smallest absolute Gasteiger partial charge is 0.205 e. The van der Waals surface area contributed by atoms with Crippen molar-refractivity contribution in [2.45, 2.75) is 31.8 Å². The van der Waals surface area contributed by atoms with Crippen molar-refractivity contribution in [1.29, 1.82) is 0 Å². The first-order chi connectivity index (χ1) is 8.76. The zero-order valence-electron chi connectivity index (χ0n) is 11.6. The van der Waals surface area contributed by atoms with E-state index in [0.29, 0.717) is 18.7 Å². The van der Waals surface area contributed by atoms with Crippen molar-refractivity contribution in [2.24, 2.45) is 0 Å². The third-order valence-electron chi connectivity index (χ3n) is 3.64. The first-order valence-corrected chi connectivity index (χ1v) is 6.70. The fraction of sp³-hybridized carbons (Fsp3) is 0.769. The molecule has 2 atom stereocenters. The largest absolute Gasteiger partial charge is 0.383 e. The molecule has 5 nitrogen and oxygen atoms in total. The first kappa shape index (κ1) is 13.4. The van der Waals surface area contributed by atoms with Gasteiger partial charge in [0.05, 0.1) is 12.6 Å². The van der Waals surface area contributed by atoms with Crippen molar-refractivity contribution in [3.05, 3.63) is 12.4 Å². The van der Waals surface area contributed by atoms with Crippen molar-refractivity contribution in [2.75, 3.05) is 38.8 Å². The summed E-state index contributed by atoms with van der Waals surface area (Å²) in [4.78, 5) is 6.89. The maximum Gasteiger partial charge on any atom is 0.205 e. The monoisotopic (exact) mass is 252 g/mol. The summed E-state index contributed by atoms with van der Waals surface area (Å²) in [6.45, 7) is 5.00. The lowest BCUT2D eigenvalue weighted by Crippen LogP contribution is -2.45. The minimum atomic E-state index is 0.322. The summed E-state index contributed by atoms with van der Waals surface area (Å²) in [5.74, 6) is 1.07. The van der Waals surface area contributed by atoms with E-state index in [1.165, 1.54) is 12.8 Å². The van der Waals surface area contributed by atoms with E-state index in [9.17, 15) is 0 Å². The van der Waals surface area contributed by atoms with Crippen molar-refractivity contribution < 1.29 is 4.74 Å². The second kappa shape index (κ2) is 6.20. The number of anilines is 1. The van der Waals surface area contributed by atoms with Crippen LogP contribution in [0.2, 0.25) is 0 Å². The van der Waals surface area contributed by atoms with Crippen LogP contribution >= 0.6 is 0 Å². The van der Waals surface area contributed by atoms with Gasteiger partial charge in [0.25, 0.3) is 0 Å². The lowest BCUT2D eigenvalue weighted by molar-refractivity contribution is 0.162. The Morgan fingerprint density at radius 3 is 3.17 bits per heavy atom. The maximum absolute atomic E-state index is 5.23. The van der Waals surface area contributed by atoms with Gasteiger partial charge in [0.1, 0.15) is 0 Å². The summed E-state index contributed by atoms with van der Waals surface area (Å²) < 4.78 is 7.44. The predicted octanol–water partition coefficient (Wildman–Crippen LogP) is 1.28. The molecular weight excluding hydrogens is 228 g/mol. The van der Waals surface area contributed by atoms with E-state index in [1.807, 2.05) is 19.4 Å². The van der Waals surface area contributed by atoms with Crippen LogP contribution in [0.5, 0.6) is 0 Å². The number of aromatic nitrogens is 2. The van der Waals surface area contributed by atoms with Gasteiger partial charge in [-0.3, -0.25) is 0 Å². The number of hydrogen-bond donors (Lipinski definition) is 1. The van der Waals surface area contributed by atoms with E-state index in [0.717, 1.165) is 19.0 Å². The van der Waals surface area contributed by atoms with Gasteiger partial charge in [-0.1, -0.05) is 0 Å². The Kier molecular flexibility index (Phi) is 4.60. The fourth-order valence-corrected chi connectivity index (χ4v) is 2.61. The number of likely N-dealkylation sites (N-methyl/N-ethyl adjacent to an activating group) is 1. The Bertz CT molecular complexity index is 366. The van der Waals surface area contributed by atoms with Crippen molar-refractivity contribution in [3.8, 4) is 0 Å². The molecule has 18 heavy (non-hydrogen) atoms. The molecule has 1 aromatic heterocycles. The molecule has 1 fully saturated rings. The van der Waals surface area contributed by atoms with Gasteiger partial charge in [-0.05, 0) is 26.8 Å². The van der Waals surface area contributed by atoms with Crippen LogP contribution in [0.1, 0.15) is 25.8 Å². The third-order valence-corrected chi connectivity index (χ3v) is 3.64. The molecule has 0 amide bonds. The maximum atomic E-state index is 5.23. The van der Waals surface area contributed by atoms with Crippen LogP contribution < -0.4 is 10.2 Å². The van der Waals surface area contributed by atoms with Gasteiger partial charge in [-0.25, -0.2) is 4.98 Å². The highest BCUT2D eigenvalue weighted by Gasteiger charge is 2.22. The molecule has 102 valence electrons. The van der Waals surface area contributed by atoms with Crippen LogP contribution in [0.25, 0.3) is 0 Å². The molecule has 2 heterocycles. The van der Waals surface area contributed by atoms with E-state index in [4.69, 9.17) is 4.74 Å².